The van der Waals surface area contributed by atoms with Crippen LogP contribution in [0, 0.1) is 12.3 Å². The van der Waals surface area contributed by atoms with Gasteiger partial charge in [0, 0.05) is 5.38 Å². The van der Waals surface area contributed by atoms with Gasteiger partial charge in [0.2, 0.25) is 0 Å². The predicted octanol–water partition coefficient (Wildman–Crippen LogP) is 2.05. The number of hydrogen-bond donors (Lipinski definition) is 1. The largest absolute Gasteiger partial charge is 0.389 e. The Labute approximate surface area is 87.3 Å². The van der Waals surface area contributed by atoms with Gasteiger partial charge in [-0.2, -0.15) is 0 Å². The van der Waals surface area contributed by atoms with E-state index < -0.39 is 0 Å². The number of aromatic nitrogens is 1. The van der Waals surface area contributed by atoms with Crippen LogP contribution in [-0.2, 0) is 0 Å². The highest BCUT2D eigenvalue weighted by molar-refractivity contribution is 7.10. The number of terminal acetylenes is 1. The molecule has 1 aliphatic carbocycles. The molecule has 0 saturated carbocycles. The molecule has 1 atom stereocenters. The van der Waals surface area contributed by atoms with Gasteiger partial charge in [0.05, 0.1) is 11.8 Å². The van der Waals surface area contributed by atoms with Crippen LogP contribution in [0.3, 0.4) is 0 Å². The number of hydrogen-bond acceptors (Lipinski definition) is 3. The first-order valence-electron chi connectivity index (χ1n) is 4.52. The van der Waals surface area contributed by atoms with E-state index in [1.54, 1.807) is 0 Å². The number of allylic oxidation sites excluding steroid dienone is 1. The van der Waals surface area contributed by atoms with Gasteiger partial charge in [-0.3, -0.25) is 0 Å². The summed E-state index contributed by atoms with van der Waals surface area (Å²) < 4.78 is 0. The van der Waals surface area contributed by atoms with Crippen molar-refractivity contribution in [1.82, 2.24) is 4.98 Å². The van der Waals surface area contributed by atoms with Crippen LogP contribution in [0.1, 0.15) is 30.5 Å². The Morgan fingerprint density at radius 2 is 2.50 bits per heavy atom. The Kier molecular flexibility index (Phi) is 2.40. The van der Waals surface area contributed by atoms with Crippen molar-refractivity contribution in [3.8, 4) is 12.3 Å². The van der Waals surface area contributed by atoms with Crippen LogP contribution in [0.5, 0.6) is 0 Å². The van der Waals surface area contributed by atoms with E-state index in [1.165, 1.54) is 11.3 Å². The quantitative estimate of drug-likeness (QED) is 0.712. The van der Waals surface area contributed by atoms with Crippen LogP contribution in [0.15, 0.2) is 11.0 Å². The van der Waals surface area contributed by atoms with Gasteiger partial charge in [0.1, 0.15) is 0 Å². The molecule has 0 radical (unpaired) electrons. The molecule has 0 amide bonds. The summed E-state index contributed by atoms with van der Waals surface area (Å²) in [4.78, 5) is 4.31. The molecule has 0 fully saturated rings. The van der Waals surface area contributed by atoms with Gasteiger partial charge in [0.25, 0.3) is 0 Å². The fraction of sp³-hybridized carbons (Fsp3) is 0.364. The van der Waals surface area contributed by atoms with Gasteiger partial charge in [0.15, 0.2) is 5.01 Å². The van der Waals surface area contributed by atoms with Crippen LogP contribution in [0.25, 0.3) is 5.57 Å². The number of thiazole rings is 1. The van der Waals surface area contributed by atoms with Crippen LogP contribution in [-0.4, -0.2) is 16.2 Å². The van der Waals surface area contributed by atoms with E-state index in [-0.39, 0.29) is 6.10 Å². The second-order valence-corrected chi connectivity index (χ2v) is 4.26. The average molecular weight is 205 g/mol. The maximum atomic E-state index is 9.57. The first-order chi connectivity index (χ1) is 6.72. The monoisotopic (exact) mass is 205 g/mol. The fourth-order valence-corrected chi connectivity index (χ4v) is 2.34. The molecule has 0 aliphatic heterocycles. The van der Waals surface area contributed by atoms with E-state index in [9.17, 15) is 5.11 Å². The standard InChI is InChI=1S/C11H11NOS/c1-3-11-12-9(6-14-11)8-4-5-10(13)7(8)2/h1,6,10,13H,4-5H2,2H3/t10-/m0/s1. The lowest BCUT2D eigenvalue weighted by Gasteiger charge is -2.01. The molecule has 0 unspecified atom stereocenters. The van der Waals surface area contributed by atoms with Crippen molar-refractivity contribution in [2.45, 2.75) is 25.9 Å². The van der Waals surface area contributed by atoms with Crippen LogP contribution in [0.2, 0.25) is 0 Å². The Morgan fingerprint density at radius 1 is 1.71 bits per heavy atom. The third-order valence-corrected chi connectivity index (χ3v) is 3.35. The number of rotatable bonds is 1. The normalized spacial score (nSPS) is 21.4. The summed E-state index contributed by atoms with van der Waals surface area (Å²) in [6.45, 7) is 1.96. The van der Waals surface area contributed by atoms with Crippen molar-refractivity contribution in [3.05, 3.63) is 21.7 Å². The van der Waals surface area contributed by atoms with Gasteiger partial charge in [-0.25, -0.2) is 4.98 Å². The van der Waals surface area contributed by atoms with E-state index >= 15 is 0 Å². The summed E-state index contributed by atoms with van der Waals surface area (Å²) in [5.41, 5.74) is 3.14. The minimum Gasteiger partial charge on any atom is -0.389 e. The molecule has 1 heterocycles. The zero-order valence-electron chi connectivity index (χ0n) is 7.95. The highest BCUT2D eigenvalue weighted by Gasteiger charge is 2.22. The van der Waals surface area contributed by atoms with Crippen molar-refractivity contribution >= 4 is 16.9 Å². The molecule has 0 aromatic carbocycles. The minimum atomic E-state index is -0.291. The van der Waals surface area contributed by atoms with Crippen molar-refractivity contribution < 1.29 is 5.11 Å². The summed E-state index contributed by atoms with van der Waals surface area (Å²) in [5.74, 6) is 2.52. The van der Waals surface area contributed by atoms with Crippen molar-refractivity contribution in [1.29, 1.82) is 0 Å². The van der Waals surface area contributed by atoms with E-state index in [0.29, 0.717) is 5.01 Å². The molecular formula is C11H11NOS. The molecule has 72 valence electrons. The summed E-state index contributed by atoms with van der Waals surface area (Å²) in [6.07, 6.45) is 6.68. The summed E-state index contributed by atoms with van der Waals surface area (Å²) in [6, 6.07) is 0. The van der Waals surface area contributed by atoms with Gasteiger partial charge in [-0.15, -0.1) is 17.8 Å². The van der Waals surface area contributed by atoms with Crippen LogP contribution < -0.4 is 0 Å². The second-order valence-electron chi connectivity index (χ2n) is 3.40. The minimum absolute atomic E-state index is 0.291. The first kappa shape index (κ1) is 9.45. The summed E-state index contributed by atoms with van der Waals surface area (Å²) >= 11 is 1.48. The molecule has 14 heavy (non-hydrogen) atoms. The van der Waals surface area contributed by atoms with Crippen LogP contribution >= 0.6 is 11.3 Å². The van der Waals surface area contributed by atoms with E-state index in [1.807, 2.05) is 12.3 Å². The molecule has 0 bridgehead atoms. The highest BCUT2D eigenvalue weighted by Crippen LogP contribution is 2.33. The third kappa shape index (κ3) is 1.47. The number of aliphatic hydroxyl groups excluding tert-OH is 1. The molecule has 1 aromatic rings. The van der Waals surface area contributed by atoms with Crippen molar-refractivity contribution in [2.75, 3.05) is 0 Å². The SMILES string of the molecule is C#Cc1nc(C2=C(C)[C@@H](O)CC2)cs1. The van der Waals surface area contributed by atoms with E-state index in [2.05, 4.69) is 10.9 Å². The molecule has 1 aromatic heterocycles. The zero-order valence-corrected chi connectivity index (χ0v) is 8.77. The summed E-state index contributed by atoms with van der Waals surface area (Å²) in [7, 11) is 0. The predicted molar refractivity (Wildman–Crippen MR) is 57.9 cm³/mol. The lowest BCUT2D eigenvalue weighted by atomic mass is 10.1. The lowest BCUT2D eigenvalue weighted by molar-refractivity contribution is 0.212. The maximum Gasteiger partial charge on any atom is 0.167 e. The average Bonchev–Trinajstić information content (AvgIpc) is 2.75. The van der Waals surface area contributed by atoms with Crippen LogP contribution in [0.4, 0.5) is 0 Å². The number of nitrogens with zero attached hydrogens (tertiary/aromatic N) is 1. The van der Waals surface area contributed by atoms with Gasteiger partial charge >= 0.3 is 0 Å². The highest BCUT2D eigenvalue weighted by atomic mass is 32.1. The third-order valence-electron chi connectivity index (χ3n) is 2.58. The molecule has 1 aliphatic rings. The first-order valence-corrected chi connectivity index (χ1v) is 5.40. The topological polar surface area (TPSA) is 33.1 Å². The van der Waals surface area contributed by atoms with Crippen molar-refractivity contribution in [2.24, 2.45) is 0 Å². The van der Waals surface area contributed by atoms with Crippen molar-refractivity contribution in [3.63, 3.8) is 0 Å². The van der Waals surface area contributed by atoms with Gasteiger partial charge in [-0.05, 0) is 36.8 Å². The second kappa shape index (κ2) is 3.56. The Balaban J connectivity index is 2.37. The lowest BCUT2D eigenvalue weighted by Crippen LogP contribution is -2.00. The smallest absolute Gasteiger partial charge is 0.167 e. The van der Waals surface area contributed by atoms with E-state index in [4.69, 9.17) is 6.42 Å². The Morgan fingerprint density at radius 3 is 3.00 bits per heavy atom. The zero-order chi connectivity index (χ0) is 10.1. The van der Waals surface area contributed by atoms with E-state index in [0.717, 1.165) is 29.7 Å². The maximum absolute atomic E-state index is 9.57. The van der Waals surface area contributed by atoms with Gasteiger partial charge in [-0.1, -0.05) is 0 Å². The van der Waals surface area contributed by atoms with Gasteiger partial charge < -0.3 is 5.11 Å². The Hall–Kier alpha value is -1.11. The summed E-state index contributed by atoms with van der Waals surface area (Å²) in [5, 5.41) is 12.2. The molecule has 1 N–H and O–H groups in total. The molecule has 2 rings (SSSR count). The molecule has 2 nitrogen and oxygen atoms in total. The fourth-order valence-electron chi connectivity index (χ4n) is 1.70. The molecule has 3 heteroatoms. The molecular weight excluding hydrogens is 194 g/mol. The Bertz CT molecular complexity index is 425. The molecule has 0 spiro atoms. The number of aliphatic hydroxyl groups is 1. The molecule has 0 saturated heterocycles.